The largest absolute Gasteiger partial charge is 0.465 e. The minimum absolute atomic E-state index is 0.291. The molecule has 98 valence electrons. The zero-order valence-corrected chi connectivity index (χ0v) is 11.0. The highest BCUT2D eigenvalue weighted by Crippen LogP contribution is 2.13. The fourth-order valence-electron chi connectivity index (χ4n) is 1.44. The maximum Gasteiger partial charge on any atom is 0.343 e. The van der Waals surface area contributed by atoms with Crippen LogP contribution in [-0.2, 0) is 4.74 Å². The summed E-state index contributed by atoms with van der Waals surface area (Å²) >= 11 is 5.14. The second kappa shape index (κ2) is 5.96. The van der Waals surface area contributed by atoms with Gasteiger partial charge in [0.2, 0.25) is 0 Å². The number of H-pyrrole nitrogens is 1. The number of aromatic nitrogens is 2. The van der Waals surface area contributed by atoms with Crippen molar-refractivity contribution in [3.05, 3.63) is 42.1 Å². The number of ether oxygens (including phenoxy) is 1. The standard InChI is InChI=1S/C12H12N4O2S/c1-18-11(17)9-7-13-16-10(9)15-12(19)14-8-5-3-2-4-6-8/h2-7H,1H3,(H3,13,14,15,16,19). The van der Waals surface area contributed by atoms with E-state index in [0.717, 1.165) is 5.69 Å². The fourth-order valence-corrected chi connectivity index (χ4v) is 1.66. The summed E-state index contributed by atoms with van der Waals surface area (Å²) in [6, 6.07) is 9.44. The van der Waals surface area contributed by atoms with Crippen LogP contribution in [0.5, 0.6) is 0 Å². The molecule has 0 amide bonds. The molecule has 2 aromatic rings. The molecule has 0 saturated heterocycles. The van der Waals surface area contributed by atoms with Gasteiger partial charge in [-0.15, -0.1) is 0 Å². The predicted octanol–water partition coefficient (Wildman–Crippen LogP) is 2.01. The Kier molecular flexibility index (Phi) is 4.09. The molecule has 1 aromatic heterocycles. The Balaban J connectivity index is 2.04. The molecule has 1 aromatic carbocycles. The molecule has 0 unspecified atom stereocenters. The Hall–Kier alpha value is -2.41. The van der Waals surface area contributed by atoms with E-state index in [0.29, 0.717) is 16.5 Å². The van der Waals surface area contributed by atoms with E-state index in [2.05, 4.69) is 25.6 Å². The van der Waals surface area contributed by atoms with Gasteiger partial charge < -0.3 is 15.4 Å². The number of methoxy groups -OCH3 is 1. The second-order valence-electron chi connectivity index (χ2n) is 3.60. The van der Waals surface area contributed by atoms with Gasteiger partial charge in [-0.3, -0.25) is 5.10 Å². The lowest BCUT2D eigenvalue weighted by atomic mass is 10.3. The summed E-state index contributed by atoms with van der Waals surface area (Å²) in [7, 11) is 1.31. The van der Waals surface area contributed by atoms with Gasteiger partial charge in [0, 0.05) is 5.69 Å². The molecule has 0 aliphatic carbocycles. The zero-order valence-electron chi connectivity index (χ0n) is 10.1. The van der Waals surface area contributed by atoms with E-state index in [1.165, 1.54) is 13.3 Å². The van der Waals surface area contributed by atoms with E-state index < -0.39 is 5.97 Å². The highest BCUT2D eigenvalue weighted by atomic mass is 32.1. The summed E-state index contributed by atoms with van der Waals surface area (Å²) in [4.78, 5) is 11.4. The van der Waals surface area contributed by atoms with Crippen molar-refractivity contribution in [2.45, 2.75) is 0 Å². The number of esters is 1. The lowest BCUT2D eigenvalue weighted by Crippen LogP contribution is -2.20. The molecule has 3 N–H and O–H groups in total. The minimum Gasteiger partial charge on any atom is -0.465 e. The number of carbonyl (C=O) groups excluding carboxylic acids is 1. The number of para-hydroxylation sites is 1. The molecule has 0 radical (unpaired) electrons. The van der Waals surface area contributed by atoms with Crippen LogP contribution in [0.2, 0.25) is 0 Å². The van der Waals surface area contributed by atoms with Crippen LogP contribution in [0.1, 0.15) is 10.4 Å². The van der Waals surface area contributed by atoms with Crippen molar-refractivity contribution in [3.63, 3.8) is 0 Å². The SMILES string of the molecule is COC(=O)c1cn[nH]c1NC(=S)Nc1ccccc1. The predicted molar refractivity (Wildman–Crippen MR) is 76.2 cm³/mol. The Morgan fingerprint density at radius 2 is 2.05 bits per heavy atom. The van der Waals surface area contributed by atoms with Crippen molar-refractivity contribution < 1.29 is 9.53 Å². The number of carbonyl (C=O) groups is 1. The first-order valence-electron chi connectivity index (χ1n) is 5.45. The van der Waals surface area contributed by atoms with Crippen LogP contribution in [0, 0.1) is 0 Å². The van der Waals surface area contributed by atoms with Crippen LogP contribution in [0.3, 0.4) is 0 Å². The molecule has 0 saturated carbocycles. The molecular weight excluding hydrogens is 264 g/mol. The van der Waals surface area contributed by atoms with Gasteiger partial charge in [-0.1, -0.05) is 18.2 Å². The van der Waals surface area contributed by atoms with Crippen molar-refractivity contribution in [2.75, 3.05) is 17.7 Å². The van der Waals surface area contributed by atoms with E-state index >= 15 is 0 Å². The van der Waals surface area contributed by atoms with E-state index in [1.54, 1.807) is 0 Å². The molecule has 0 spiro atoms. The molecule has 0 fully saturated rings. The molecule has 1 heterocycles. The Morgan fingerprint density at radius 1 is 1.32 bits per heavy atom. The third-order valence-electron chi connectivity index (χ3n) is 2.31. The third-order valence-corrected chi connectivity index (χ3v) is 2.52. The molecule has 0 atom stereocenters. The zero-order chi connectivity index (χ0) is 13.7. The van der Waals surface area contributed by atoms with Gasteiger partial charge >= 0.3 is 5.97 Å². The first-order chi connectivity index (χ1) is 9.20. The second-order valence-corrected chi connectivity index (χ2v) is 4.00. The maximum absolute atomic E-state index is 11.4. The number of benzene rings is 1. The van der Waals surface area contributed by atoms with Gasteiger partial charge in [0.25, 0.3) is 0 Å². The summed E-state index contributed by atoms with van der Waals surface area (Å²) in [5, 5.41) is 12.6. The quantitative estimate of drug-likeness (QED) is 0.588. The van der Waals surface area contributed by atoms with Crippen LogP contribution in [0.15, 0.2) is 36.5 Å². The van der Waals surface area contributed by atoms with E-state index in [-0.39, 0.29) is 0 Å². The molecule has 0 aliphatic rings. The molecule has 7 heteroatoms. The van der Waals surface area contributed by atoms with Gasteiger partial charge in [0.15, 0.2) is 5.11 Å². The highest BCUT2D eigenvalue weighted by Gasteiger charge is 2.14. The summed E-state index contributed by atoms with van der Waals surface area (Å²) < 4.78 is 4.63. The van der Waals surface area contributed by atoms with Crippen molar-refractivity contribution in [1.29, 1.82) is 0 Å². The summed E-state index contributed by atoms with van der Waals surface area (Å²) in [5.41, 5.74) is 1.14. The highest BCUT2D eigenvalue weighted by molar-refractivity contribution is 7.80. The van der Waals surface area contributed by atoms with Crippen LogP contribution >= 0.6 is 12.2 Å². The number of anilines is 2. The van der Waals surface area contributed by atoms with Crippen molar-refractivity contribution >= 4 is 34.8 Å². The number of hydrogen-bond acceptors (Lipinski definition) is 4. The Labute approximate surface area is 115 Å². The Bertz CT molecular complexity index is 582. The molecule has 2 rings (SSSR count). The maximum atomic E-state index is 11.4. The average molecular weight is 276 g/mol. The molecule has 0 bridgehead atoms. The van der Waals surface area contributed by atoms with Gasteiger partial charge in [-0.25, -0.2) is 4.79 Å². The lowest BCUT2D eigenvalue weighted by molar-refractivity contribution is 0.0602. The third kappa shape index (κ3) is 3.29. The van der Waals surface area contributed by atoms with Gasteiger partial charge in [-0.05, 0) is 24.4 Å². The minimum atomic E-state index is -0.487. The summed E-state index contributed by atoms with van der Waals surface area (Å²) in [5.74, 6) is -0.0981. The monoisotopic (exact) mass is 276 g/mol. The molecule has 19 heavy (non-hydrogen) atoms. The van der Waals surface area contributed by atoms with Crippen LogP contribution < -0.4 is 10.6 Å². The number of nitrogens with one attached hydrogen (secondary N) is 3. The first kappa shape index (κ1) is 13.0. The smallest absolute Gasteiger partial charge is 0.343 e. The van der Waals surface area contributed by atoms with E-state index in [9.17, 15) is 4.79 Å². The van der Waals surface area contributed by atoms with Crippen LogP contribution in [-0.4, -0.2) is 28.4 Å². The number of thiocarbonyl (C=S) groups is 1. The van der Waals surface area contributed by atoms with Gasteiger partial charge in [-0.2, -0.15) is 5.10 Å². The van der Waals surface area contributed by atoms with Gasteiger partial charge in [0.1, 0.15) is 11.4 Å². The van der Waals surface area contributed by atoms with E-state index in [1.807, 2.05) is 30.3 Å². The van der Waals surface area contributed by atoms with Crippen molar-refractivity contribution in [3.8, 4) is 0 Å². The topological polar surface area (TPSA) is 79.0 Å². The van der Waals surface area contributed by atoms with Crippen LogP contribution in [0.4, 0.5) is 11.5 Å². The number of aromatic amines is 1. The number of hydrogen-bond donors (Lipinski definition) is 3. The first-order valence-corrected chi connectivity index (χ1v) is 5.86. The average Bonchev–Trinajstić information content (AvgIpc) is 2.87. The summed E-state index contributed by atoms with van der Waals surface area (Å²) in [6.45, 7) is 0. The summed E-state index contributed by atoms with van der Waals surface area (Å²) in [6.07, 6.45) is 1.37. The molecular formula is C12H12N4O2S. The van der Waals surface area contributed by atoms with Gasteiger partial charge in [0.05, 0.1) is 13.3 Å². The molecule has 6 nitrogen and oxygen atoms in total. The Morgan fingerprint density at radius 3 is 2.74 bits per heavy atom. The van der Waals surface area contributed by atoms with Crippen molar-refractivity contribution in [1.82, 2.24) is 10.2 Å². The fraction of sp³-hybridized carbons (Fsp3) is 0.0833. The number of rotatable bonds is 3. The lowest BCUT2D eigenvalue weighted by Gasteiger charge is -2.09. The van der Waals surface area contributed by atoms with Crippen LogP contribution in [0.25, 0.3) is 0 Å². The number of nitrogens with zero attached hydrogens (tertiary/aromatic N) is 1. The molecule has 0 aliphatic heterocycles. The normalized spacial score (nSPS) is 9.74. The van der Waals surface area contributed by atoms with E-state index in [4.69, 9.17) is 12.2 Å². The van der Waals surface area contributed by atoms with Crippen molar-refractivity contribution in [2.24, 2.45) is 0 Å².